The molecule has 0 radical (unpaired) electrons. The highest BCUT2D eigenvalue weighted by molar-refractivity contribution is 6.39. The third-order valence-corrected chi connectivity index (χ3v) is 5.35. The fourth-order valence-corrected chi connectivity index (χ4v) is 4.03. The maximum atomic E-state index is 13.1. The standard InChI is InChI=1S/C19H12Cl2N2O5/c20-9-1-3-11(12(21)7-9)16-15-17(28-22-16)19(25)23(18(15)24)10-2-4-13-14(8-10)27-6-5-26-13/h1-4,7-8,15,17H,5-6H2/t15-,17+/m1/s1. The van der Waals surface area contributed by atoms with Crippen LogP contribution in [0.3, 0.4) is 0 Å². The Morgan fingerprint density at radius 3 is 2.54 bits per heavy atom. The minimum absolute atomic E-state index is 0.310. The molecule has 2 aromatic rings. The second-order valence-corrected chi connectivity index (χ2v) is 7.29. The van der Waals surface area contributed by atoms with Crippen LogP contribution in [0.4, 0.5) is 5.69 Å². The predicted octanol–water partition coefficient (Wildman–Crippen LogP) is 3.06. The molecule has 0 N–H and O–H groups in total. The van der Waals surface area contributed by atoms with Crippen molar-refractivity contribution in [2.45, 2.75) is 6.10 Å². The van der Waals surface area contributed by atoms with Crippen LogP contribution in [0.15, 0.2) is 41.6 Å². The van der Waals surface area contributed by atoms with Crippen LogP contribution < -0.4 is 14.4 Å². The van der Waals surface area contributed by atoms with E-state index in [0.29, 0.717) is 51.7 Å². The van der Waals surface area contributed by atoms with Gasteiger partial charge in [-0.05, 0) is 24.3 Å². The lowest BCUT2D eigenvalue weighted by Crippen LogP contribution is -2.33. The van der Waals surface area contributed by atoms with Gasteiger partial charge in [0.1, 0.15) is 24.8 Å². The summed E-state index contributed by atoms with van der Waals surface area (Å²) in [5.74, 6) is -0.749. The Morgan fingerprint density at radius 2 is 1.75 bits per heavy atom. The average molecular weight is 419 g/mol. The molecular formula is C19H12Cl2N2O5. The lowest BCUT2D eigenvalue weighted by Gasteiger charge is -2.21. The Bertz CT molecular complexity index is 1050. The molecule has 9 heteroatoms. The minimum atomic E-state index is -1.03. The van der Waals surface area contributed by atoms with E-state index in [1.165, 1.54) is 0 Å². The van der Waals surface area contributed by atoms with Gasteiger partial charge in [0.25, 0.3) is 5.91 Å². The van der Waals surface area contributed by atoms with Gasteiger partial charge in [-0.2, -0.15) is 0 Å². The number of carbonyl (C=O) groups excluding carboxylic acids is 2. The van der Waals surface area contributed by atoms with Gasteiger partial charge in [-0.25, -0.2) is 4.90 Å². The van der Waals surface area contributed by atoms with Crippen molar-refractivity contribution in [2.75, 3.05) is 18.1 Å². The van der Waals surface area contributed by atoms with E-state index in [2.05, 4.69) is 5.16 Å². The van der Waals surface area contributed by atoms with Gasteiger partial charge >= 0.3 is 0 Å². The van der Waals surface area contributed by atoms with E-state index in [4.69, 9.17) is 37.5 Å². The molecule has 0 spiro atoms. The molecule has 3 heterocycles. The SMILES string of the molecule is O=C1[C@@H]2C(c3ccc(Cl)cc3Cl)=NO[C@@H]2C(=O)N1c1ccc2c(c1)OCCO2. The predicted molar refractivity (Wildman–Crippen MR) is 101 cm³/mol. The Hall–Kier alpha value is -2.77. The number of hydrogen-bond donors (Lipinski definition) is 0. The zero-order chi connectivity index (χ0) is 19.4. The second-order valence-electron chi connectivity index (χ2n) is 6.44. The highest BCUT2D eigenvalue weighted by Crippen LogP contribution is 2.40. The maximum absolute atomic E-state index is 13.1. The Kier molecular flexibility index (Phi) is 3.96. The van der Waals surface area contributed by atoms with Crippen LogP contribution in [0.25, 0.3) is 0 Å². The molecule has 2 atom stereocenters. The van der Waals surface area contributed by atoms with Crippen LogP contribution in [0.5, 0.6) is 11.5 Å². The number of amides is 2. The summed E-state index contributed by atoms with van der Waals surface area (Å²) >= 11 is 12.2. The van der Waals surface area contributed by atoms with Crippen LogP contribution in [0, 0.1) is 5.92 Å². The molecule has 0 aliphatic carbocycles. The third-order valence-electron chi connectivity index (χ3n) is 4.80. The second kappa shape index (κ2) is 6.39. The first-order valence-electron chi connectivity index (χ1n) is 8.51. The van der Waals surface area contributed by atoms with E-state index in [9.17, 15) is 9.59 Å². The third kappa shape index (κ3) is 2.54. The Morgan fingerprint density at radius 1 is 0.964 bits per heavy atom. The van der Waals surface area contributed by atoms with Gasteiger partial charge in [0.05, 0.1) is 10.7 Å². The molecule has 0 aromatic heterocycles. The van der Waals surface area contributed by atoms with Gasteiger partial charge < -0.3 is 14.3 Å². The normalized spacial score (nSPS) is 22.8. The van der Waals surface area contributed by atoms with Crippen LogP contribution in [-0.4, -0.2) is 36.8 Å². The molecule has 2 aromatic carbocycles. The van der Waals surface area contributed by atoms with Crippen molar-refractivity contribution in [3.8, 4) is 11.5 Å². The van der Waals surface area contributed by atoms with Crippen molar-refractivity contribution in [1.29, 1.82) is 0 Å². The first-order chi connectivity index (χ1) is 13.5. The van der Waals surface area contributed by atoms with Crippen LogP contribution >= 0.6 is 23.2 Å². The zero-order valence-corrected chi connectivity index (χ0v) is 15.7. The lowest BCUT2D eigenvalue weighted by atomic mass is 9.94. The van der Waals surface area contributed by atoms with Crippen molar-refractivity contribution in [3.63, 3.8) is 0 Å². The van der Waals surface area contributed by atoms with Gasteiger partial charge in [-0.1, -0.05) is 34.4 Å². The topological polar surface area (TPSA) is 77.4 Å². The summed E-state index contributed by atoms with van der Waals surface area (Å²) < 4.78 is 11.0. The number of imide groups is 1. The van der Waals surface area contributed by atoms with E-state index in [-0.39, 0.29) is 0 Å². The molecule has 0 bridgehead atoms. The minimum Gasteiger partial charge on any atom is -0.486 e. The molecule has 3 aliphatic rings. The molecule has 0 saturated carbocycles. The number of fused-ring (bicyclic) bond motifs is 2. The molecule has 1 saturated heterocycles. The van der Waals surface area contributed by atoms with Gasteiger partial charge in [-0.15, -0.1) is 0 Å². The fourth-order valence-electron chi connectivity index (χ4n) is 3.52. The largest absolute Gasteiger partial charge is 0.486 e. The smallest absolute Gasteiger partial charge is 0.278 e. The number of anilines is 1. The molecular weight excluding hydrogens is 407 g/mol. The molecule has 1 fully saturated rings. The number of ether oxygens (including phenoxy) is 2. The van der Waals surface area contributed by atoms with Crippen LogP contribution in [0.2, 0.25) is 10.0 Å². The number of halogens is 2. The van der Waals surface area contributed by atoms with Gasteiger partial charge in [0.15, 0.2) is 11.5 Å². The number of benzene rings is 2. The van der Waals surface area contributed by atoms with E-state index < -0.39 is 23.8 Å². The summed E-state index contributed by atoms with van der Waals surface area (Å²) in [4.78, 5) is 32.4. The van der Waals surface area contributed by atoms with E-state index in [1.807, 2.05) is 0 Å². The van der Waals surface area contributed by atoms with E-state index in [1.54, 1.807) is 36.4 Å². The summed E-state index contributed by atoms with van der Waals surface area (Å²) in [6, 6.07) is 9.75. The van der Waals surface area contributed by atoms with Crippen molar-refractivity contribution in [3.05, 3.63) is 52.0 Å². The number of nitrogens with zero attached hydrogens (tertiary/aromatic N) is 2. The molecule has 7 nitrogen and oxygen atoms in total. The van der Waals surface area contributed by atoms with Crippen LogP contribution in [-0.2, 0) is 14.4 Å². The van der Waals surface area contributed by atoms with Crippen molar-refractivity contribution in [1.82, 2.24) is 0 Å². The number of carbonyl (C=O) groups is 2. The monoisotopic (exact) mass is 418 g/mol. The molecule has 28 heavy (non-hydrogen) atoms. The van der Waals surface area contributed by atoms with Crippen molar-refractivity contribution in [2.24, 2.45) is 11.1 Å². The summed E-state index contributed by atoms with van der Waals surface area (Å²) in [6.45, 7) is 0.853. The quantitative estimate of drug-likeness (QED) is 0.700. The average Bonchev–Trinajstić information content (AvgIpc) is 3.22. The first-order valence-corrected chi connectivity index (χ1v) is 9.27. The molecule has 5 rings (SSSR count). The van der Waals surface area contributed by atoms with Crippen LogP contribution in [0.1, 0.15) is 5.56 Å². The molecule has 2 amide bonds. The summed E-state index contributed by atoms with van der Waals surface area (Å²) in [7, 11) is 0. The highest BCUT2D eigenvalue weighted by Gasteiger charge is 2.56. The Labute approximate surface area is 169 Å². The van der Waals surface area contributed by atoms with E-state index in [0.717, 1.165) is 4.90 Å². The van der Waals surface area contributed by atoms with Gasteiger partial charge in [0.2, 0.25) is 12.0 Å². The number of oxime groups is 1. The summed E-state index contributed by atoms with van der Waals surface area (Å²) in [6.07, 6.45) is -1.03. The summed E-state index contributed by atoms with van der Waals surface area (Å²) in [5.41, 5.74) is 1.20. The molecule has 142 valence electrons. The van der Waals surface area contributed by atoms with Gasteiger partial charge in [0, 0.05) is 16.7 Å². The summed E-state index contributed by atoms with van der Waals surface area (Å²) in [5, 5.41) is 4.74. The van der Waals surface area contributed by atoms with Crippen molar-refractivity contribution < 1.29 is 23.9 Å². The van der Waals surface area contributed by atoms with Crippen molar-refractivity contribution >= 4 is 46.4 Å². The zero-order valence-electron chi connectivity index (χ0n) is 14.2. The maximum Gasteiger partial charge on any atom is 0.278 e. The lowest BCUT2D eigenvalue weighted by molar-refractivity contribution is -0.126. The highest BCUT2D eigenvalue weighted by atomic mass is 35.5. The fraction of sp³-hybridized carbons (Fsp3) is 0.211. The van der Waals surface area contributed by atoms with Gasteiger partial charge in [-0.3, -0.25) is 9.59 Å². The Balaban J connectivity index is 1.50. The van der Waals surface area contributed by atoms with E-state index >= 15 is 0 Å². The first kappa shape index (κ1) is 17.3. The molecule has 3 aliphatic heterocycles. The molecule has 0 unspecified atom stereocenters. The number of hydrogen-bond acceptors (Lipinski definition) is 6. The number of rotatable bonds is 2.